The molecule has 2 aromatic rings. The number of methoxy groups -OCH3 is 1. The number of hydrogen-bond donors (Lipinski definition) is 1. The molecule has 1 N–H and O–H groups in total. The number of nitrogens with zero attached hydrogens (tertiary/aromatic N) is 1. The quantitative estimate of drug-likeness (QED) is 0.873. The van der Waals surface area contributed by atoms with Gasteiger partial charge in [0, 0.05) is 19.0 Å². The van der Waals surface area contributed by atoms with E-state index in [1.165, 1.54) is 0 Å². The molecule has 0 bridgehead atoms. The number of rotatable bonds is 6. The van der Waals surface area contributed by atoms with Crippen LogP contribution in [-0.2, 0) is 6.42 Å². The highest BCUT2D eigenvalue weighted by molar-refractivity contribution is 7.13. The van der Waals surface area contributed by atoms with Gasteiger partial charge in [0.1, 0.15) is 10.6 Å². The Labute approximate surface area is 111 Å². The third-order valence-corrected chi connectivity index (χ3v) is 3.43. The second-order valence-electron chi connectivity index (χ2n) is 4.30. The van der Waals surface area contributed by atoms with Crippen molar-refractivity contribution in [1.82, 2.24) is 10.3 Å². The van der Waals surface area contributed by atoms with Crippen LogP contribution in [0, 0.1) is 0 Å². The van der Waals surface area contributed by atoms with Gasteiger partial charge in [-0.1, -0.05) is 13.8 Å². The first-order chi connectivity index (χ1) is 8.70. The Morgan fingerprint density at radius 2 is 2.33 bits per heavy atom. The summed E-state index contributed by atoms with van der Waals surface area (Å²) < 4.78 is 11.0. The maximum atomic E-state index is 5.73. The predicted molar refractivity (Wildman–Crippen MR) is 73.2 cm³/mol. The summed E-state index contributed by atoms with van der Waals surface area (Å²) in [6, 6.07) is 2.42. The SMILES string of the molecule is COc1ccsc1-c1cnc(CCNC(C)C)o1. The normalized spacial score (nSPS) is 11.1. The highest BCUT2D eigenvalue weighted by Gasteiger charge is 2.12. The Balaban J connectivity index is 2.02. The third-order valence-electron chi connectivity index (χ3n) is 2.52. The lowest BCUT2D eigenvalue weighted by Gasteiger charge is -2.05. The van der Waals surface area contributed by atoms with E-state index in [1.54, 1.807) is 24.6 Å². The molecule has 0 spiro atoms. The standard InChI is InChI=1S/C13H18N2O2S/c1-9(2)14-6-4-12-15-8-11(17-12)13-10(16-3)5-7-18-13/h5,7-9,14H,4,6H2,1-3H3. The topological polar surface area (TPSA) is 47.3 Å². The highest BCUT2D eigenvalue weighted by Crippen LogP contribution is 2.35. The van der Waals surface area contributed by atoms with Gasteiger partial charge in [-0.3, -0.25) is 0 Å². The predicted octanol–water partition coefficient (Wildman–Crippen LogP) is 2.95. The molecular formula is C13H18N2O2S. The van der Waals surface area contributed by atoms with Gasteiger partial charge in [-0.2, -0.15) is 0 Å². The van der Waals surface area contributed by atoms with Crippen molar-refractivity contribution >= 4 is 11.3 Å². The number of hydrogen-bond acceptors (Lipinski definition) is 5. The first-order valence-electron chi connectivity index (χ1n) is 6.00. The zero-order chi connectivity index (χ0) is 13.0. The van der Waals surface area contributed by atoms with E-state index in [4.69, 9.17) is 9.15 Å². The summed E-state index contributed by atoms with van der Waals surface area (Å²) in [4.78, 5) is 5.28. The number of ether oxygens (including phenoxy) is 1. The monoisotopic (exact) mass is 266 g/mol. The molecule has 0 aromatic carbocycles. The van der Waals surface area contributed by atoms with Gasteiger partial charge in [-0.05, 0) is 11.4 Å². The molecule has 0 atom stereocenters. The highest BCUT2D eigenvalue weighted by atomic mass is 32.1. The minimum atomic E-state index is 0.483. The lowest BCUT2D eigenvalue weighted by atomic mass is 10.3. The average molecular weight is 266 g/mol. The molecule has 2 heterocycles. The van der Waals surface area contributed by atoms with Crippen LogP contribution in [0.2, 0.25) is 0 Å². The van der Waals surface area contributed by atoms with Crippen LogP contribution in [0.3, 0.4) is 0 Å². The molecule has 98 valence electrons. The summed E-state index contributed by atoms with van der Waals surface area (Å²) in [7, 11) is 1.66. The van der Waals surface area contributed by atoms with Crippen LogP contribution >= 0.6 is 11.3 Å². The molecule has 0 amide bonds. The van der Waals surface area contributed by atoms with Gasteiger partial charge in [0.2, 0.25) is 0 Å². The second-order valence-corrected chi connectivity index (χ2v) is 5.21. The molecule has 0 aliphatic rings. The first-order valence-corrected chi connectivity index (χ1v) is 6.88. The molecule has 5 heteroatoms. The molecule has 0 fully saturated rings. The van der Waals surface area contributed by atoms with Crippen LogP contribution in [-0.4, -0.2) is 24.7 Å². The summed E-state index contributed by atoms with van der Waals surface area (Å²) in [5, 5.41) is 5.32. The van der Waals surface area contributed by atoms with Crippen molar-refractivity contribution in [2.75, 3.05) is 13.7 Å². The maximum Gasteiger partial charge on any atom is 0.196 e. The molecule has 0 saturated carbocycles. The minimum absolute atomic E-state index is 0.483. The lowest BCUT2D eigenvalue weighted by molar-refractivity contribution is 0.415. The Kier molecular flexibility index (Phi) is 4.38. The summed E-state index contributed by atoms with van der Waals surface area (Å²) in [5.41, 5.74) is 0. The van der Waals surface area contributed by atoms with Gasteiger partial charge in [-0.15, -0.1) is 11.3 Å². The molecule has 0 unspecified atom stereocenters. The summed E-state index contributed by atoms with van der Waals surface area (Å²) in [6.45, 7) is 5.12. The van der Waals surface area contributed by atoms with E-state index in [1.807, 2.05) is 11.4 Å². The molecule has 2 rings (SSSR count). The Morgan fingerprint density at radius 1 is 1.50 bits per heavy atom. The van der Waals surface area contributed by atoms with E-state index in [0.29, 0.717) is 6.04 Å². The number of aromatic nitrogens is 1. The van der Waals surface area contributed by atoms with Crippen molar-refractivity contribution in [3.05, 3.63) is 23.5 Å². The van der Waals surface area contributed by atoms with Crippen molar-refractivity contribution in [2.24, 2.45) is 0 Å². The summed E-state index contributed by atoms with van der Waals surface area (Å²) in [5.74, 6) is 2.37. The Morgan fingerprint density at radius 3 is 3.06 bits per heavy atom. The average Bonchev–Trinajstić information content (AvgIpc) is 2.95. The fourth-order valence-corrected chi connectivity index (χ4v) is 2.44. The van der Waals surface area contributed by atoms with Gasteiger partial charge >= 0.3 is 0 Å². The second kappa shape index (κ2) is 6.02. The fourth-order valence-electron chi connectivity index (χ4n) is 1.64. The zero-order valence-corrected chi connectivity index (χ0v) is 11.7. The molecule has 0 aliphatic carbocycles. The first kappa shape index (κ1) is 13.1. The van der Waals surface area contributed by atoms with Gasteiger partial charge in [0.25, 0.3) is 0 Å². The third kappa shape index (κ3) is 3.11. The van der Waals surface area contributed by atoms with E-state index < -0.39 is 0 Å². The van der Waals surface area contributed by atoms with E-state index >= 15 is 0 Å². The van der Waals surface area contributed by atoms with Crippen LogP contribution in [0.15, 0.2) is 22.1 Å². The largest absolute Gasteiger partial charge is 0.495 e. The van der Waals surface area contributed by atoms with Crippen LogP contribution in [0.25, 0.3) is 10.6 Å². The van der Waals surface area contributed by atoms with E-state index in [9.17, 15) is 0 Å². The molecule has 4 nitrogen and oxygen atoms in total. The lowest BCUT2D eigenvalue weighted by Crippen LogP contribution is -2.24. The van der Waals surface area contributed by atoms with E-state index in [-0.39, 0.29) is 0 Å². The summed E-state index contributed by atoms with van der Waals surface area (Å²) in [6.07, 6.45) is 2.56. The van der Waals surface area contributed by atoms with Crippen LogP contribution in [0.5, 0.6) is 5.75 Å². The molecule has 0 aliphatic heterocycles. The van der Waals surface area contributed by atoms with Crippen LogP contribution < -0.4 is 10.1 Å². The van der Waals surface area contributed by atoms with Crippen molar-refractivity contribution < 1.29 is 9.15 Å². The Bertz CT molecular complexity index is 491. The van der Waals surface area contributed by atoms with Gasteiger partial charge < -0.3 is 14.5 Å². The minimum Gasteiger partial charge on any atom is -0.495 e. The van der Waals surface area contributed by atoms with Gasteiger partial charge in [0.05, 0.1) is 13.3 Å². The van der Waals surface area contributed by atoms with E-state index in [0.717, 1.165) is 35.2 Å². The van der Waals surface area contributed by atoms with E-state index in [2.05, 4.69) is 24.1 Å². The van der Waals surface area contributed by atoms with Crippen molar-refractivity contribution in [3.63, 3.8) is 0 Å². The zero-order valence-electron chi connectivity index (χ0n) is 10.9. The Hall–Kier alpha value is -1.33. The molecule has 0 radical (unpaired) electrons. The smallest absolute Gasteiger partial charge is 0.196 e. The maximum absolute atomic E-state index is 5.73. The van der Waals surface area contributed by atoms with Crippen molar-refractivity contribution in [1.29, 1.82) is 0 Å². The number of oxazole rings is 1. The van der Waals surface area contributed by atoms with Crippen LogP contribution in [0.1, 0.15) is 19.7 Å². The van der Waals surface area contributed by atoms with Crippen molar-refractivity contribution in [3.8, 4) is 16.4 Å². The van der Waals surface area contributed by atoms with Crippen LogP contribution in [0.4, 0.5) is 0 Å². The molecule has 18 heavy (non-hydrogen) atoms. The number of nitrogens with one attached hydrogen (secondary N) is 1. The van der Waals surface area contributed by atoms with Crippen molar-refractivity contribution in [2.45, 2.75) is 26.3 Å². The fraction of sp³-hybridized carbons (Fsp3) is 0.462. The molecule has 2 aromatic heterocycles. The molecular weight excluding hydrogens is 248 g/mol. The molecule has 0 saturated heterocycles. The van der Waals surface area contributed by atoms with Gasteiger partial charge in [-0.25, -0.2) is 4.98 Å². The summed E-state index contributed by atoms with van der Waals surface area (Å²) >= 11 is 1.59. The number of thiophene rings is 1. The van der Waals surface area contributed by atoms with Gasteiger partial charge in [0.15, 0.2) is 11.7 Å².